The molecule has 4 rings (SSSR count). The van der Waals surface area contributed by atoms with Gasteiger partial charge in [0.25, 0.3) is 0 Å². The molecule has 3 aromatic rings. The van der Waals surface area contributed by atoms with Crippen LogP contribution in [0, 0.1) is 0 Å². The van der Waals surface area contributed by atoms with Gasteiger partial charge in [0.05, 0.1) is 17.8 Å². The summed E-state index contributed by atoms with van der Waals surface area (Å²) in [6, 6.07) is 27.1. The summed E-state index contributed by atoms with van der Waals surface area (Å²) in [7, 11) is 0. The number of hydrogen-bond acceptors (Lipinski definition) is 4. The van der Waals surface area contributed by atoms with E-state index in [4.69, 9.17) is 0 Å². The molecule has 6 nitrogen and oxygen atoms in total. The van der Waals surface area contributed by atoms with Gasteiger partial charge in [-0.05, 0) is 24.1 Å². The summed E-state index contributed by atoms with van der Waals surface area (Å²) in [6.07, 6.45) is 0.587. The fourth-order valence-corrected chi connectivity index (χ4v) is 3.65. The van der Waals surface area contributed by atoms with Gasteiger partial charge in [-0.15, -0.1) is 0 Å². The highest BCUT2D eigenvalue weighted by Gasteiger charge is 2.25. The maximum Gasteiger partial charge on any atom is 0.329 e. The lowest BCUT2D eigenvalue weighted by atomic mass is 9.92. The maximum absolute atomic E-state index is 12.4. The first kappa shape index (κ1) is 20.3. The minimum absolute atomic E-state index is 0.0266. The van der Waals surface area contributed by atoms with Crippen molar-refractivity contribution in [2.24, 2.45) is 5.10 Å². The third-order valence-corrected chi connectivity index (χ3v) is 5.31. The van der Waals surface area contributed by atoms with Gasteiger partial charge >= 0.3 is 11.8 Å². The molecule has 0 spiro atoms. The second-order valence-corrected chi connectivity index (χ2v) is 7.46. The van der Waals surface area contributed by atoms with Gasteiger partial charge in [-0.25, -0.2) is 5.43 Å². The van der Waals surface area contributed by atoms with E-state index >= 15 is 0 Å². The smallest absolute Gasteiger partial charge is 0.329 e. The normalized spacial score (nSPS) is 17.2. The largest absolute Gasteiger partial charge is 0.377 e. The molecule has 2 amide bonds. The molecule has 0 bridgehead atoms. The Kier molecular flexibility index (Phi) is 6.08. The minimum Gasteiger partial charge on any atom is -0.377 e. The van der Waals surface area contributed by atoms with Crippen LogP contribution >= 0.6 is 0 Å². The Balaban J connectivity index is 1.48. The molecule has 0 aromatic heterocycles. The van der Waals surface area contributed by atoms with Crippen molar-refractivity contribution in [3.8, 4) is 0 Å². The van der Waals surface area contributed by atoms with E-state index in [1.807, 2.05) is 79.7 Å². The Bertz CT molecular complexity index is 1100. The van der Waals surface area contributed by atoms with Gasteiger partial charge < -0.3 is 10.6 Å². The maximum atomic E-state index is 12.4. The Morgan fingerprint density at radius 1 is 0.903 bits per heavy atom. The first-order chi connectivity index (χ1) is 15.1. The van der Waals surface area contributed by atoms with Gasteiger partial charge in [-0.1, -0.05) is 78.9 Å². The summed E-state index contributed by atoms with van der Waals surface area (Å²) in [6.45, 7) is 1.83. The third kappa shape index (κ3) is 4.80. The summed E-state index contributed by atoms with van der Waals surface area (Å²) in [5, 5.41) is 10.5. The van der Waals surface area contributed by atoms with Crippen molar-refractivity contribution in [1.82, 2.24) is 10.7 Å². The first-order valence-electron chi connectivity index (χ1n) is 10.2. The van der Waals surface area contributed by atoms with Gasteiger partial charge in [0.2, 0.25) is 0 Å². The number of para-hydroxylation sites is 1. The van der Waals surface area contributed by atoms with Crippen LogP contribution in [0.15, 0.2) is 90.0 Å². The minimum atomic E-state index is -0.789. The van der Waals surface area contributed by atoms with E-state index in [1.54, 1.807) is 0 Å². The highest BCUT2D eigenvalue weighted by molar-refractivity contribution is 6.35. The zero-order valence-electron chi connectivity index (χ0n) is 17.2. The number of benzene rings is 3. The predicted octanol–water partition coefficient (Wildman–Crippen LogP) is 3.94. The van der Waals surface area contributed by atoms with Crippen molar-refractivity contribution >= 4 is 23.2 Å². The number of carbonyl (C=O) groups excluding carboxylic acids is 2. The molecule has 1 aliphatic heterocycles. The van der Waals surface area contributed by atoms with E-state index in [9.17, 15) is 9.59 Å². The summed E-state index contributed by atoms with van der Waals surface area (Å²) >= 11 is 0. The zero-order valence-corrected chi connectivity index (χ0v) is 17.2. The molecular weight excluding hydrogens is 388 g/mol. The molecule has 156 valence electrons. The van der Waals surface area contributed by atoms with Crippen LogP contribution in [0.25, 0.3) is 0 Å². The topological polar surface area (TPSA) is 82.6 Å². The Hall–Kier alpha value is -3.93. The molecule has 0 saturated heterocycles. The Morgan fingerprint density at radius 3 is 2.29 bits per heavy atom. The van der Waals surface area contributed by atoms with Crippen LogP contribution in [0.1, 0.15) is 42.1 Å². The van der Waals surface area contributed by atoms with Crippen molar-refractivity contribution in [3.05, 3.63) is 102 Å². The number of hydrogen-bond donors (Lipinski definition) is 3. The van der Waals surface area contributed by atoms with Gasteiger partial charge in [-0.3, -0.25) is 9.59 Å². The van der Waals surface area contributed by atoms with Gasteiger partial charge in [0, 0.05) is 17.7 Å². The van der Waals surface area contributed by atoms with Crippen molar-refractivity contribution < 1.29 is 9.59 Å². The average Bonchev–Trinajstić information content (AvgIpc) is 2.83. The molecule has 2 atom stereocenters. The summed E-state index contributed by atoms with van der Waals surface area (Å²) in [5.74, 6) is -1.51. The lowest BCUT2D eigenvalue weighted by molar-refractivity contribution is -0.139. The van der Waals surface area contributed by atoms with Crippen LogP contribution in [0.3, 0.4) is 0 Å². The van der Waals surface area contributed by atoms with Crippen molar-refractivity contribution in [2.45, 2.75) is 25.4 Å². The van der Waals surface area contributed by atoms with Gasteiger partial charge in [0.15, 0.2) is 0 Å². The molecule has 0 fully saturated rings. The van der Waals surface area contributed by atoms with Crippen LogP contribution in [-0.4, -0.2) is 17.5 Å². The molecule has 0 radical (unpaired) electrons. The number of carbonyl (C=O) groups is 2. The number of fused-ring (bicyclic) bond motifs is 1. The van der Waals surface area contributed by atoms with Crippen molar-refractivity contribution in [3.63, 3.8) is 0 Å². The number of nitrogens with one attached hydrogen (secondary N) is 3. The monoisotopic (exact) mass is 412 g/mol. The highest BCUT2D eigenvalue weighted by Crippen LogP contribution is 2.32. The van der Waals surface area contributed by atoms with Gasteiger partial charge in [-0.2, -0.15) is 5.10 Å². The van der Waals surface area contributed by atoms with Crippen molar-refractivity contribution in [2.75, 3.05) is 5.32 Å². The second-order valence-electron chi connectivity index (χ2n) is 7.46. The molecule has 0 aliphatic carbocycles. The van der Waals surface area contributed by atoms with Crippen LogP contribution in [-0.2, 0) is 9.59 Å². The molecule has 1 heterocycles. The van der Waals surface area contributed by atoms with Crippen LogP contribution in [0.2, 0.25) is 0 Å². The van der Waals surface area contributed by atoms with Crippen LogP contribution < -0.4 is 16.1 Å². The summed E-state index contributed by atoms with van der Waals surface area (Å²) < 4.78 is 0. The first-order valence-corrected chi connectivity index (χ1v) is 10.2. The number of rotatable bonds is 4. The number of amides is 2. The molecule has 2 unspecified atom stereocenters. The molecule has 3 N–H and O–H groups in total. The van der Waals surface area contributed by atoms with E-state index in [1.165, 1.54) is 0 Å². The SMILES string of the molecule is CC(NC(=O)C(=O)NN=C1CC(c2ccccc2)Nc2ccccc21)c1ccccc1. The number of nitrogens with zero attached hydrogens (tertiary/aromatic N) is 1. The number of hydrazone groups is 1. The van der Waals surface area contributed by atoms with E-state index in [0.29, 0.717) is 6.42 Å². The fraction of sp³-hybridized carbons (Fsp3) is 0.160. The fourth-order valence-electron chi connectivity index (χ4n) is 3.65. The summed E-state index contributed by atoms with van der Waals surface area (Å²) in [4.78, 5) is 24.7. The van der Waals surface area contributed by atoms with Crippen LogP contribution in [0.5, 0.6) is 0 Å². The van der Waals surface area contributed by atoms with Crippen molar-refractivity contribution in [1.29, 1.82) is 0 Å². The third-order valence-electron chi connectivity index (χ3n) is 5.31. The molecule has 1 aliphatic rings. The highest BCUT2D eigenvalue weighted by atomic mass is 16.2. The van der Waals surface area contributed by atoms with Gasteiger partial charge in [0.1, 0.15) is 0 Å². The second kappa shape index (κ2) is 9.26. The van der Waals surface area contributed by atoms with E-state index in [2.05, 4.69) is 33.3 Å². The Morgan fingerprint density at radius 2 is 1.55 bits per heavy atom. The lowest BCUT2D eigenvalue weighted by Gasteiger charge is -2.28. The molecular formula is C25H24N4O2. The quantitative estimate of drug-likeness (QED) is 0.448. The number of anilines is 1. The van der Waals surface area contributed by atoms with E-state index in [0.717, 1.165) is 28.1 Å². The standard InChI is InChI=1S/C25H24N4O2/c1-17(18-10-4-2-5-11-18)26-24(30)25(31)29-28-23-16-22(19-12-6-3-7-13-19)27-21-15-9-8-14-20(21)23/h2-15,17,22,27H,16H2,1H3,(H,26,30)(H,29,31). The Labute approximate surface area is 181 Å². The lowest BCUT2D eigenvalue weighted by Crippen LogP contribution is -2.39. The zero-order chi connectivity index (χ0) is 21.6. The molecule has 31 heavy (non-hydrogen) atoms. The molecule has 6 heteroatoms. The summed E-state index contributed by atoms with van der Waals surface area (Å²) in [5.41, 5.74) is 7.06. The van der Waals surface area contributed by atoms with E-state index < -0.39 is 11.8 Å². The molecule has 3 aromatic carbocycles. The predicted molar refractivity (Wildman–Crippen MR) is 122 cm³/mol. The molecule has 0 saturated carbocycles. The van der Waals surface area contributed by atoms with E-state index in [-0.39, 0.29) is 12.1 Å². The average molecular weight is 412 g/mol. The van der Waals surface area contributed by atoms with Crippen LogP contribution in [0.4, 0.5) is 5.69 Å².